The first kappa shape index (κ1) is 29.0. The van der Waals surface area contributed by atoms with E-state index in [0.29, 0.717) is 32.1 Å². The van der Waals surface area contributed by atoms with E-state index in [2.05, 4.69) is 15.6 Å². The van der Waals surface area contributed by atoms with E-state index in [4.69, 9.17) is 26.8 Å². The summed E-state index contributed by atoms with van der Waals surface area (Å²) in [7, 11) is 2.80. The molecule has 208 valence electrons. The summed E-state index contributed by atoms with van der Waals surface area (Å²) in [5.74, 6) is -1.06. The lowest BCUT2D eigenvalue weighted by atomic mass is 9.95. The molecule has 9 nitrogen and oxygen atoms in total. The molecule has 0 saturated heterocycles. The van der Waals surface area contributed by atoms with Gasteiger partial charge in [0, 0.05) is 27.7 Å². The van der Waals surface area contributed by atoms with Crippen molar-refractivity contribution < 1.29 is 23.9 Å². The highest BCUT2D eigenvalue weighted by molar-refractivity contribution is 8.16. The van der Waals surface area contributed by atoms with Crippen LogP contribution in [0.15, 0.2) is 28.4 Å². The van der Waals surface area contributed by atoms with Crippen molar-refractivity contribution in [1.82, 2.24) is 0 Å². The predicted octanol–water partition coefficient (Wildman–Crippen LogP) is 5.10. The number of esters is 1. The van der Waals surface area contributed by atoms with E-state index in [0.717, 1.165) is 53.4 Å². The lowest BCUT2D eigenvalue weighted by Crippen LogP contribution is -2.30. The lowest BCUT2D eigenvalue weighted by molar-refractivity contribution is -0.115. The van der Waals surface area contributed by atoms with Gasteiger partial charge in [-0.1, -0.05) is 23.4 Å². The number of rotatable bonds is 7. The number of amides is 2. The van der Waals surface area contributed by atoms with E-state index >= 15 is 0 Å². The number of hydrogen-bond acceptors (Lipinski definition) is 9. The summed E-state index contributed by atoms with van der Waals surface area (Å²) in [6, 6.07) is 3.17. The van der Waals surface area contributed by atoms with Gasteiger partial charge in [0.2, 0.25) is 5.91 Å². The number of anilines is 2. The molecule has 4 rings (SSSR count). The standard InChI is InChI=1S/C27H31ClN4O5S2/c1-12(2)30-26-20(23(33)31-16-10-13(3)15(28)11-17(16)36-4)21(29)22(39-26)24(34)32-25-19(27(35)37-5)14-8-6-7-9-18(14)38-25/h10-12,22H,6-9,29H2,1-5H3,(H,31,33)(H,32,34)/t22-/m1/s1. The topological polar surface area (TPSA) is 132 Å². The van der Waals surface area contributed by atoms with Crippen LogP contribution in [0, 0.1) is 6.92 Å². The van der Waals surface area contributed by atoms with Crippen LogP contribution in [0.25, 0.3) is 0 Å². The maximum absolute atomic E-state index is 13.5. The number of ether oxygens (including phenoxy) is 2. The summed E-state index contributed by atoms with van der Waals surface area (Å²) in [5.41, 5.74) is 9.17. The third-order valence-corrected chi connectivity index (χ3v) is 9.23. The van der Waals surface area contributed by atoms with E-state index in [9.17, 15) is 14.4 Å². The van der Waals surface area contributed by atoms with E-state index in [1.165, 1.54) is 25.6 Å². The highest BCUT2D eigenvalue weighted by atomic mass is 35.5. The third-order valence-electron chi connectivity index (χ3n) is 6.38. The summed E-state index contributed by atoms with van der Waals surface area (Å²) < 4.78 is 10.4. The number of hydrogen-bond donors (Lipinski definition) is 3. The summed E-state index contributed by atoms with van der Waals surface area (Å²) in [4.78, 5) is 45.3. The minimum atomic E-state index is -0.915. The van der Waals surface area contributed by atoms with Gasteiger partial charge in [-0.3, -0.25) is 14.6 Å². The van der Waals surface area contributed by atoms with Crippen molar-refractivity contribution in [2.24, 2.45) is 10.7 Å². The number of nitrogens with zero attached hydrogens (tertiary/aromatic N) is 1. The van der Waals surface area contributed by atoms with Gasteiger partial charge in [0.15, 0.2) is 0 Å². The highest BCUT2D eigenvalue weighted by Crippen LogP contribution is 2.41. The number of fused-ring (bicyclic) bond motifs is 1. The molecule has 1 atom stereocenters. The van der Waals surface area contributed by atoms with E-state index in [-0.39, 0.29) is 17.3 Å². The number of nitrogens with two attached hydrogens (primary N) is 1. The molecule has 1 aromatic heterocycles. The van der Waals surface area contributed by atoms with Crippen molar-refractivity contribution in [2.75, 3.05) is 24.9 Å². The van der Waals surface area contributed by atoms with Gasteiger partial charge < -0.3 is 25.8 Å². The molecule has 0 radical (unpaired) electrons. The Morgan fingerprint density at radius 2 is 1.87 bits per heavy atom. The minimum Gasteiger partial charge on any atom is -0.495 e. The average molecular weight is 591 g/mol. The molecule has 39 heavy (non-hydrogen) atoms. The number of aryl methyl sites for hydroxylation is 2. The first-order chi connectivity index (χ1) is 18.5. The number of benzene rings is 1. The second kappa shape index (κ2) is 12.0. The highest BCUT2D eigenvalue weighted by Gasteiger charge is 2.39. The average Bonchev–Trinajstić information content (AvgIpc) is 3.41. The molecule has 2 heterocycles. The third kappa shape index (κ3) is 5.95. The van der Waals surface area contributed by atoms with Crippen LogP contribution in [0.1, 0.15) is 53.1 Å². The van der Waals surface area contributed by atoms with E-state index < -0.39 is 23.0 Å². The van der Waals surface area contributed by atoms with Crippen molar-refractivity contribution in [3.63, 3.8) is 0 Å². The van der Waals surface area contributed by atoms with Crippen molar-refractivity contribution in [3.8, 4) is 5.75 Å². The van der Waals surface area contributed by atoms with Crippen LogP contribution in [0.4, 0.5) is 10.7 Å². The molecular weight excluding hydrogens is 560 g/mol. The smallest absolute Gasteiger partial charge is 0.341 e. The van der Waals surface area contributed by atoms with Gasteiger partial charge in [-0.2, -0.15) is 0 Å². The molecule has 4 N–H and O–H groups in total. The molecule has 0 saturated carbocycles. The number of nitrogens with one attached hydrogen (secondary N) is 2. The number of thioether (sulfide) groups is 1. The molecule has 1 aromatic carbocycles. The Bertz CT molecular complexity index is 1400. The van der Waals surface area contributed by atoms with Gasteiger partial charge >= 0.3 is 5.97 Å². The summed E-state index contributed by atoms with van der Waals surface area (Å²) in [6.07, 6.45) is 3.61. The molecule has 0 unspecified atom stereocenters. The molecule has 0 spiro atoms. The monoisotopic (exact) mass is 590 g/mol. The molecule has 2 aliphatic rings. The molecule has 12 heteroatoms. The predicted molar refractivity (Wildman–Crippen MR) is 157 cm³/mol. The van der Waals surface area contributed by atoms with Crippen molar-refractivity contribution in [1.29, 1.82) is 0 Å². The minimum absolute atomic E-state index is 0.0833. The van der Waals surface area contributed by atoms with E-state index in [1.54, 1.807) is 12.1 Å². The van der Waals surface area contributed by atoms with Crippen molar-refractivity contribution >= 4 is 68.2 Å². The maximum Gasteiger partial charge on any atom is 0.341 e. The molecule has 0 fully saturated rings. The molecule has 0 bridgehead atoms. The fraction of sp³-hybridized carbons (Fsp3) is 0.407. The first-order valence-electron chi connectivity index (χ1n) is 12.5. The van der Waals surface area contributed by atoms with E-state index in [1.807, 2.05) is 20.8 Å². The molecule has 2 aromatic rings. The van der Waals surface area contributed by atoms with Gasteiger partial charge in [0.25, 0.3) is 5.91 Å². The number of thiophene rings is 1. The maximum atomic E-state index is 13.5. The van der Waals surface area contributed by atoms with Gasteiger partial charge in [-0.25, -0.2) is 4.79 Å². The number of aliphatic imine (C=N–C) groups is 1. The van der Waals surface area contributed by atoms with Gasteiger partial charge in [0.05, 0.1) is 31.0 Å². The Morgan fingerprint density at radius 3 is 2.54 bits per heavy atom. The number of methoxy groups -OCH3 is 2. The van der Waals surface area contributed by atoms with Crippen LogP contribution < -0.4 is 21.1 Å². The van der Waals surface area contributed by atoms with Crippen LogP contribution in [-0.4, -0.2) is 48.3 Å². The largest absolute Gasteiger partial charge is 0.495 e. The van der Waals surface area contributed by atoms with Gasteiger partial charge in [-0.05, 0) is 63.6 Å². The Labute approximate surface area is 240 Å². The summed E-state index contributed by atoms with van der Waals surface area (Å²) in [5, 5.41) is 6.11. The van der Waals surface area contributed by atoms with Crippen LogP contribution >= 0.6 is 34.7 Å². The Kier molecular flexibility index (Phi) is 8.93. The molecule has 1 aliphatic heterocycles. The normalized spacial score (nSPS) is 17.8. The summed E-state index contributed by atoms with van der Waals surface area (Å²) >= 11 is 8.70. The quantitative estimate of drug-likeness (QED) is 0.382. The van der Waals surface area contributed by atoms with Gasteiger partial charge in [0.1, 0.15) is 21.0 Å². The second-order valence-corrected chi connectivity index (χ2v) is 12.1. The molecular formula is C27H31ClN4O5S2. The van der Waals surface area contributed by atoms with Crippen LogP contribution in [-0.2, 0) is 27.2 Å². The number of carbonyl (C=O) groups excluding carboxylic acids is 3. The SMILES string of the molecule is COC(=O)c1c(NC(=O)[C@@H]2SC(=NC(C)C)C(C(=O)Nc3cc(C)c(Cl)cc3OC)=C2N)sc2c1CCCC2. The molecule has 2 amide bonds. The van der Waals surface area contributed by atoms with Crippen LogP contribution in [0.3, 0.4) is 0 Å². The number of carbonyl (C=O) groups is 3. The van der Waals surface area contributed by atoms with Crippen molar-refractivity contribution in [3.05, 3.63) is 50.0 Å². The second-order valence-electron chi connectivity index (χ2n) is 9.51. The summed E-state index contributed by atoms with van der Waals surface area (Å²) in [6.45, 7) is 5.56. The lowest BCUT2D eigenvalue weighted by Gasteiger charge is -2.13. The van der Waals surface area contributed by atoms with Crippen LogP contribution in [0.5, 0.6) is 5.75 Å². The zero-order chi connectivity index (χ0) is 28.4. The fourth-order valence-corrected chi connectivity index (χ4v) is 7.17. The van der Waals surface area contributed by atoms with Crippen LogP contribution in [0.2, 0.25) is 5.02 Å². The van der Waals surface area contributed by atoms with Gasteiger partial charge in [-0.15, -0.1) is 11.3 Å². The molecule has 1 aliphatic carbocycles. The first-order valence-corrected chi connectivity index (χ1v) is 14.6. The van der Waals surface area contributed by atoms with Crippen molar-refractivity contribution in [2.45, 2.75) is 57.7 Å². The fourth-order valence-electron chi connectivity index (χ4n) is 4.51. The Hall–Kier alpha value is -3.02. The zero-order valence-electron chi connectivity index (χ0n) is 22.4. The Morgan fingerprint density at radius 1 is 1.15 bits per heavy atom. The number of halogens is 1. The Balaban J connectivity index is 1.66. The zero-order valence-corrected chi connectivity index (χ0v) is 24.8.